The summed E-state index contributed by atoms with van der Waals surface area (Å²) >= 11 is 0. The Hall–Kier alpha value is -0.260. The standard InChI is InChI=1S/C11H20/c1-5-10-6-7-11(4,8-10)9(2)3/h6-7,9-10H,5,8H2,1-4H3. The van der Waals surface area contributed by atoms with Gasteiger partial charge in [-0.05, 0) is 30.1 Å². The minimum atomic E-state index is 0.487. The topological polar surface area (TPSA) is 0 Å². The van der Waals surface area contributed by atoms with Gasteiger partial charge in [0, 0.05) is 0 Å². The van der Waals surface area contributed by atoms with E-state index in [1.165, 1.54) is 12.8 Å². The van der Waals surface area contributed by atoms with E-state index in [9.17, 15) is 0 Å². The lowest BCUT2D eigenvalue weighted by molar-refractivity contribution is 0.265. The van der Waals surface area contributed by atoms with E-state index in [1.807, 2.05) is 0 Å². The van der Waals surface area contributed by atoms with Crippen molar-refractivity contribution in [2.75, 3.05) is 0 Å². The molecule has 2 atom stereocenters. The molecular formula is C11H20. The van der Waals surface area contributed by atoms with Crippen molar-refractivity contribution in [1.29, 1.82) is 0 Å². The van der Waals surface area contributed by atoms with Crippen LogP contribution in [0.25, 0.3) is 0 Å². The van der Waals surface area contributed by atoms with Crippen LogP contribution < -0.4 is 0 Å². The highest BCUT2D eigenvalue weighted by atomic mass is 14.4. The molecule has 1 rings (SSSR count). The van der Waals surface area contributed by atoms with Crippen molar-refractivity contribution in [3.05, 3.63) is 12.2 Å². The first kappa shape index (κ1) is 8.83. The molecule has 0 radical (unpaired) electrons. The van der Waals surface area contributed by atoms with Gasteiger partial charge in [0.05, 0.1) is 0 Å². The molecule has 0 heteroatoms. The molecule has 64 valence electrons. The van der Waals surface area contributed by atoms with E-state index in [0.29, 0.717) is 5.41 Å². The summed E-state index contributed by atoms with van der Waals surface area (Å²) in [4.78, 5) is 0. The SMILES string of the molecule is CCC1C=CC(C)(C(C)C)C1. The van der Waals surface area contributed by atoms with Crippen LogP contribution in [0.3, 0.4) is 0 Å². The maximum absolute atomic E-state index is 2.42. The van der Waals surface area contributed by atoms with Crippen molar-refractivity contribution >= 4 is 0 Å². The second-order valence-corrected chi connectivity index (χ2v) is 4.39. The molecule has 0 bridgehead atoms. The van der Waals surface area contributed by atoms with E-state index < -0.39 is 0 Å². The molecule has 11 heavy (non-hydrogen) atoms. The molecule has 0 fully saturated rings. The summed E-state index contributed by atoms with van der Waals surface area (Å²) in [6, 6.07) is 0. The zero-order valence-electron chi connectivity index (χ0n) is 8.22. The van der Waals surface area contributed by atoms with Gasteiger partial charge in [0.1, 0.15) is 0 Å². The quantitative estimate of drug-likeness (QED) is 0.530. The molecule has 0 nitrogen and oxygen atoms in total. The van der Waals surface area contributed by atoms with Gasteiger partial charge in [0.2, 0.25) is 0 Å². The van der Waals surface area contributed by atoms with E-state index in [4.69, 9.17) is 0 Å². The highest BCUT2D eigenvalue weighted by molar-refractivity contribution is 5.09. The van der Waals surface area contributed by atoms with Crippen molar-refractivity contribution < 1.29 is 0 Å². The monoisotopic (exact) mass is 152 g/mol. The molecule has 0 heterocycles. The van der Waals surface area contributed by atoms with Gasteiger partial charge in [-0.15, -0.1) is 0 Å². The zero-order valence-corrected chi connectivity index (χ0v) is 8.22. The molecular weight excluding hydrogens is 132 g/mol. The van der Waals surface area contributed by atoms with Crippen molar-refractivity contribution in [2.24, 2.45) is 17.3 Å². The van der Waals surface area contributed by atoms with Gasteiger partial charge in [0.25, 0.3) is 0 Å². The zero-order chi connectivity index (χ0) is 8.48. The van der Waals surface area contributed by atoms with Crippen LogP contribution in [0.1, 0.15) is 40.5 Å². The Bertz CT molecular complexity index is 155. The number of hydrogen-bond donors (Lipinski definition) is 0. The summed E-state index contributed by atoms with van der Waals surface area (Å²) in [5.41, 5.74) is 0.487. The van der Waals surface area contributed by atoms with Gasteiger partial charge >= 0.3 is 0 Å². The third-order valence-electron chi connectivity index (χ3n) is 3.29. The Labute approximate surface area is 70.7 Å². The second-order valence-electron chi connectivity index (χ2n) is 4.39. The van der Waals surface area contributed by atoms with Crippen LogP contribution in [0.5, 0.6) is 0 Å². The summed E-state index contributed by atoms with van der Waals surface area (Å²) < 4.78 is 0. The molecule has 0 saturated heterocycles. The van der Waals surface area contributed by atoms with E-state index >= 15 is 0 Å². The predicted molar refractivity (Wildman–Crippen MR) is 50.5 cm³/mol. The summed E-state index contributed by atoms with van der Waals surface area (Å²) in [6.07, 6.45) is 7.49. The molecule has 1 aliphatic carbocycles. The summed E-state index contributed by atoms with van der Waals surface area (Å²) in [7, 11) is 0. The van der Waals surface area contributed by atoms with Crippen LogP contribution in [0.2, 0.25) is 0 Å². The first-order chi connectivity index (χ1) is 5.08. The molecule has 0 aromatic heterocycles. The molecule has 1 aliphatic rings. The molecule has 0 amide bonds. The summed E-state index contributed by atoms with van der Waals surface area (Å²) in [6.45, 7) is 9.30. The maximum atomic E-state index is 2.42. The van der Waals surface area contributed by atoms with E-state index in [2.05, 4.69) is 39.8 Å². The van der Waals surface area contributed by atoms with Gasteiger partial charge < -0.3 is 0 Å². The molecule has 0 saturated carbocycles. The van der Waals surface area contributed by atoms with Crippen molar-refractivity contribution in [3.63, 3.8) is 0 Å². The van der Waals surface area contributed by atoms with Crippen molar-refractivity contribution in [3.8, 4) is 0 Å². The van der Waals surface area contributed by atoms with Crippen molar-refractivity contribution in [1.82, 2.24) is 0 Å². The van der Waals surface area contributed by atoms with Gasteiger partial charge in [-0.1, -0.05) is 39.8 Å². The fourth-order valence-corrected chi connectivity index (χ4v) is 1.77. The van der Waals surface area contributed by atoms with Crippen LogP contribution in [0, 0.1) is 17.3 Å². The Morgan fingerprint density at radius 1 is 1.55 bits per heavy atom. The van der Waals surface area contributed by atoms with E-state index in [0.717, 1.165) is 11.8 Å². The normalized spacial score (nSPS) is 37.0. The third kappa shape index (κ3) is 1.66. The van der Waals surface area contributed by atoms with E-state index in [-0.39, 0.29) is 0 Å². The fourth-order valence-electron chi connectivity index (χ4n) is 1.77. The van der Waals surface area contributed by atoms with Crippen LogP contribution in [-0.4, -0.2) is 0 Å². The van der Waals surface area contributed by atoms with Crippen LogP contribution >= 0.6 is 0 Å². The molecule has 0 spiro atoms. The minimum Gasteiger partial charge on any atom is -0.0848 e. The number of hydrogen-bond acceptors (Lipinski definition) is 0. The van der Waals surface area contributed by atoms with Gasteiger partial charge in [-0.25, -0.2) is 0 Å². The number of allylic oxidation sites excluding steroid dienone is 2. The summed E-state index contributed by atoms with van der Waals surface area (Å²) in [5, 5.41) is 0. The molecule has 0 aromatic carbocycles. The third-order valence-corrected chi connectivity index (χ3v) is 3.29. The highest BCUT2D eigenvalue weighted by Crippen LogP contribution is 2.42. The van der Waals surface area contributed by atoms with Crippen LogP contribution in [0.15, 0.2) is 12.2 Å². The predicted octanol–water partition coefficient (Wildman–Crippen LogP) is 3.63. The Kier molecular flexibility index (Phi) is 2.41. The maximum Gasteiger partial charge on any atom is -0.0118 e. The Morgan fingerprint density at radius 3 is 2.45 bits per heavy atom. The minimum absolute atomic E-state index is 0.487. The lowest BCUT2D eigenvalue weighted by Gasteiger charge is -2.27. The van der Waals surface area contributed by atoms with Crippen LogP contribution in [-0.2, 0) is 0 Å². The summed E-state index contributed by atoms with van der Waals surface area (Å²) in [5.74, 6) is 1.64. The lowest BCUT2D eigenvalue weighted by Crippen LogP contribution is -2.19. The van der Waals surface area contributed by atoms with Crippen molar-refractivity contribution in [2.45, 2.75) is 40.5 Å². The van der Waals surface area contributed by atoms with Gasteiger partial charge in [0.15, 0.2) is 0 Å². The van der Waals surface area contributed by atoms with Gasteiger partial charge in [-0.3, -0.25) is 0 Å². The highest BCUT2D eigenvalue weighted by Gasteiger charge is 2.31. The molecule has 0 aromatic rings. The smallest absolute Gasteiger partial charge is 0.0118 e. The average Bonchev–Trinajstić information content (AvgIpc) is 2.33. The molecule has 0 N–H and O–H groups in total. The largest absolute Gasteiger partial charge is 0.0848 e. The Balaban J connectivity index is 2.60. The van der Waals surface area contributed by atoms with E-state index in [1.54, 1.807) is 0 Å². The molecule has 0 aliphatic heterocycles. The first-order valence-electron chi connectivity index (χ1n) is 4.78. The lowest BCUT2D eigenvalue weighted by atomic mass is 9.77. The second kappa shape index (κ2) is 3.00. The molecule has 2 unspecified atom stereocenters. The fraction of sp³-hybridized carbons (Fsp3) is 0.818. The van der Waals surface area contributed by atoms with Gasteiger partial charge in [-0.2, -0.15) is 0 Å². The first-order valence-corrected chi connectivity index (χ1v) is 4.78. The Morgan fingerprint density at radius 2 is 2.18 bits per heavy atom. The van der Waals surface area contributed by atoms with Crippen LogP contribution in [0.4, 0.5) is 0 Å². The number of rotatable bonds is 2. The average molecular weight is 152 g/mol.